The number of hydrogen-bond donors (Lipinski definition) is 1. The summed E-state index contributed by atoms with van der Waals surface area (Å²) < 4.78 is 25.3. The number of halogens is 1. The Labute approximate surface area is 204 Å². The number of carbonyl (C=O) groups excluding carboxylic acids is 3. The van der Waals surface area contributed by atoms with Gasteiger partial charge in [-0.25, -0.2) is 14.2 Å². The van der Waals surface area contributed by atoms with Crippen LogP contribution in [0.25, 0.3) is 0 Å². The molecule has 1 heterocycles. The zero-order chi connectivity index (χ0) is 25.8. The van der Waals surface area contributed by atoms with E-state index in [-0.39, 0.29) is 17.9 Å². The molecule has 8 nitrogen and oxygen atoms in total. The average Bonchev–Trinajstić information content (AvgIpc) is 2.89. The lowest BCUT2D eigenvalue weighted by Gasteiger charge is -2.27. The number of rotatable bonds is 6. The summed E-state index contributed by atoms with van der Waals surface area (Å²) in [5.41, 5.74) is 1.14. The first-order chi connectivity index (χ1) is 16.6. The van der Waals surface area contributed by atoms with E-state index < -0.39 is 42.1 Å². The third-order valence-electron chi connectivity index (χ3n) is 5.16. The number of aliphatic imine (C=N–C) groups is 1. The molecule has 186 valence electrons. The second kappa shape index (κ2) is 10.7. The van der Waals surface area contributed by atoms with Crippen molar-refractivity contribution in [2.45, 2.75) is 52.8 Å². The fourth-order valence-electron chi connectivity index (χ4n) is 3.77. The number of nitrogens with zero attached hydrogens (tertiary/aromatic N) is 2. The molecule has 0 fully saturated rings. The van der Waals surface area contributed by atoms with Gasteiger partial charge < -0.3 is 9.47 Å². The molecule has 0 radical (unpaired) electrons. The highest BCUT2D eigenvalue weighted by atomic mass is 19.1. The van der Waals surface area contributed by atoms with E-state index >= 15 is 0 Å². The molecule has 1 atom stereocenters. The number of nitrogens with one attached hydrogen (secondary N) is 1. The number of amides is 2. The van der Waals surface area contributed by atoms with E-state index in [4.69, 9.17) is 9.47 Å². The number of fused-ring (bicyclic) bond motifs is 1. The maximum atomic E-state index is 14.9. The number of carbonyl (C=O) groups is 3. The minimum atomic E-state index is -1.47. The molecule has 0 bridgehead atoms. The van der Waals surface area contributed by atoms with E-state index in [0.717, 1.165) is 5.56 Å². The third kappa shape index (κ3) is 6.03. The van der Waals surface area contributed by atoms with Gasteiger partial charge in [-0.05, 0) is 51.8 Å². The van der Waals surface area contributed by atoms with Gasteiger partial charge in [0, 0.05) is 11.1 Å². The van der Waals surface area contributed by atoms with Crippen LogP contribution in [0.2, 0.25) is 0 Å². The number of hydrogen-bond acceptors (Lipinski definition) is 6. The highest BCUT2D eigenvalue weighted by Crippen LogP contribution is 2.33. The first kappa shape index (κ1) is 25.9. The molecule has 0 saturated heterocycles. The van der Waals surface area contributed by atoms with Gasteiger partial charge in [-0.3, -0.25) is 19.8 Å². The molecule has 1 aliphatic heterocycles. The summed E-state index contributed by atoms with van der Waals surface area (Å²) in [6.45, 7) is 8.37. The van der Waals surface area contributed by atoms with E-state index in [0.29, 0.717) is 17.7 Å². The van der Waals surface area contributed by atoms with Crippen LogP contribution in [-0.2, 0) is 25.5 Å². The Kier molecular flexibility index (Phi) is 7.89. The van der Waals surface area contributed by atoms with Gasteiger partial charge in [0.05, 0.1) is 18.0 Å². The van der Waals surface area contributed by atoms with E-state index in [1.54, 1.807) is 58.0 Å². The molecule has 0 spiro atoms. The Hall–Kier alpha value is -3.75. The molecule has 9 heteroatoms. The highest BCUT2D eigenvalue weighted by Gasteiger charge is 2.36. The van der Waals surface area contributed by atoms with E-state index in [9.17, 15) is 18.8 Å². The minimum Gasteiger partial charge on any atom is -0.465 e. The van der Waals surface area contributed by atoms with Gasteiger partial charge in [0.2, 0.25) is 6.17 Å². The van der Waals surface area contributed by atoms with Crippen LogP contribution in [0.3, 0.4) is 0 Å². The van der Waals surface area contributed by atoms with Crippen molar-refractivity contribution in [1.82, 2.24) is 5.32 Å². The minimum absolute atomic E-state index is 0.139. The fraction of sp³-hybridized carbons (Fsp3) is 0.385. The third-order valence-corrected chi connectivity index (χ3v) is 5.16. The SMILES string of the molecule is CCOC(=O)CN1C(=O)C(NC(=O)OC(C)(C)C)N=C(c2ccccc2F)c2cccc(CC)c21. The Morgan fingerprint density at radius 3 is 2.40 bits per heavy atom. The molecule has 2 amide bonds. The average molecular weight is 484 g/mol. The maximum Gasteiger partial charge on any atom is 0.409 e. The van der Waals surface area contributed by atoms with Crippen molar-refractivity contribution < 1.29 is 28.2 Å². The lowest BCUT2D eigenvalue weighted by molar-refractivity contribution is -0.142. The largest absolute Gasteiger partial charge is 0.465 e. The van der Waals surface area contributed by atoms with Crippen molar-refractivity contribution in [1.29, 1.82) is 0 Å². The van der Waals surface area contributed by atoms with Crippen molar-refractivity contribution in [3.05, 3.63) is 65.0 Å². The Morgan fingerprint density at radius 1 is 1.09 bits per heavy atom. The quantitative estimate of drug-likeness (QED) is 0.627. The molecule has 0 aliphatic carbocycles. The van der Waals surface area contributed by atoms with E-state index in [2.05, 4.69) is 10.3 Å². The fourth-order valence-corrected chi connectivity index (χ4v) is 3.77. The van der Waals surface area contributed by atoms with Crippen LogP contribution < -0.4 is 10.2 Å². The summed E-state index contributed by atoms with van der Waals surface area (Å²) in [7, 11) is 0. The summed E-state index contributed by atoms with van der Waals surface area (Å²) in [5, 5.41) is 2.48. The number of esters is 1. The highest BCUT2D eigenvalue weighted by molar-refractivity contribution is 6.21. The maximum absolute atomic E-state index is 14.9. The lowest BCUT2D eigenvalue weighted by Crippen LogP contribution is -2.50. The topological polar surface area (TPSA) is 97.3 Å². The zero-order valence-electron chi connectivity index (χ0n) is 20.6. The molecule has 35 heavy (non-hydrogen) atoms. The van der Waals surface area contributed by atoms with Crippen LogP contribution >= 0.6 is 0 Å². The van der Waals surface area contributed by atoms with Gasteiger partial charge >= 0.3 is 12.1 Å². The lowest BCUT2D eigenvalue weighted by atomic mass is 9.96. The Balaban J connectivity index is 2.22. The van der Waals surface area contributed by atoms with Crippen molar-refractivity contribution >= 4 is 29.4 Å². The number of benzene rings is 2. The van der Waals surface area contributed by atoms with Crippen molar-refractivity contribution in [3.8, 4) is 0 Å². The van der Waals surface area contributed by atoms with Gasteiger partial charge in [0.15, 0.2) is 0 Å². The van der Waals surface area contributed by atoms with Crippen LogP contribution in [0.5, 0.6) is 0 Å². The van der Waals surface area contributed by atoms with Crippen molar-refractivity contribution in [3.63, 3.8) is 0 Å². The summed E-state index contributed by atoms with van der Waals surface area (Å²) in [5.74, 6) is -1.83. The van der Waals surface area contributed by atoms with Gasteiger partial charge in [0.1, 0.15) is 18.0 Å². The monoisotopic (exact) mass is 483 g/mol. The van der Waals surface area contributed by atoms with Crippen LogP contribution in [0.15, 0.2) is 47.5 Å². The predicted molar refractivity (Wildman–Crippen MR) is 130 cm³/mol. The molecular weight excluding hydrogens is 453 g/mol. The van der Waals surface area contributed by atoms with Crippen LogP contribution in [0, 0.1) is 5.82 Å². The first-order valence-electron chi connectivity index (χ1n) is 11.5. The van der Waals surface area contributed by atoms with Crippen LogP contribution in [0.4, 0.5) is 14.9 Å². The zero-order valence-corrected chi connectivity index (χ0v) is 20.6. The van der Waals surface area contributed by atoms with Gasteiger partial charge in [-0.15, -0.1) is 0 Å². The molecule has 2 aromatic carbocycles. The first-order valence-corrected chi connectivity index (χ1v) is 11.5. The molecule has 0 saturated carbocycles. The van der Waals surface area contributed by atoms with E-state index in [1.165, 1.54) is 11.0 Å². The van der Waals surface area contributed by atoms with Gasteiger partial charge in [0.25, 0.3) is 5.91 Å². The van der Waals surface area contributed by atoms with Gasteiger partial charge in [-0.1, -0.05) is 37.3 Å². The molecule has 3 rings (SSSR count). The summed E-state index contributed by atoms with van der Waals surface area (Å²) in [6.07, 6.45) is -1.80. The molecule has 2 aromatic rings. The van der Waals surface area contributed by atoms with Crippen molar-refractivity contribution in [2.75, 3.05) is 18.1 Å². The summed E-state index contributed by atoms with van der Waals surface area (Å²) in [4.78, 5) is 44.5. The smallest absolute Gasteiger partial charge is 0.409 e. The second-order valence-corrected chi connectivity index (χ2v) is 8.90. The van der Waals surface area contributed by atoms with Crippen molar-refractivity contribution in [2.24, 2.45) is 4.99 Å². The van der Waals surface area contributed by atoms with E-state index in [1.807, 2.05) is 13.0 Å². The summed E-state index contributed by atoms with van der Waals surface area (Å²) in [6, 6.07) is 11.4. The molecule has 0 aromatic heterocycles. The number of aryl methyl sites for hydroxylation is 1. The predicted octanol–water partition coefficient (Wildman–Crippen LogP) is 3.99. The molecular formula is C26H30FN3O5. The standard InChI is InChI=1S/C26H30FN3O5/c1-6-16-11-10-13-18-21(17-12-8-9-14-19(17)27)28-23(29-25(33)35-26(3,4)5)24(32)30(22(16)18)15-20(31)34-7-2/h8-14,23H,6-7,15H2,1-5H3,(H,29,33). The summed E-state index contributed by atoms with van der Waals surface area (Å²) >= 11 is 0. The number of anilines is 1. The molecule has 1 unspecified atom stereocenters. The van der Waals surface area contributed by atoms with Crippen LogP contribution in [-0.4, -0.2) is 48.6 Å². The van der Waals surface area contributed by atoms with Gasteiger partial charge in [-0.2, -0.15) is 0 Å². The Morgan fingerprint density at radius 2 is 1.77 bits per heavy atom. The Bertz CT molecular complexity index is 1160. The normalized spacial score (nSPS) is 15.6. The second-order valence-electron chi connectivity index (χ2n) is 8.90. The molecule has 1 N–H and O–H groups in total. The number of ether oxygens (including phenoxy) is 2. The number of para-hydroxylation sites is 1. The number of alkyl carbamates (subject to hydrolysis) is 1. The number of benzodiazepines with no additional fused rings is 1. The van der Waals surface area contributed by atoms with Crippen LogP contribution in [0.1, 0.15) is 51.3 Å². The molecule has 1 aliphatic rings.